The van der Waals surface area contributed by atoms with E-state index in [2.05, 4.69) is 5.43 Å². The van der Waals surface area contributed by atoms with Gasteiger partial charge in [0, 0.05) is 18.6 Å². The summed E-state index contributed by atoms with van der Waals surface area (Å²) in [5.74, 6) is 5.03. The third-order valence-corrected chi connectivity index (χ3v) is 1.01. The predicted molar refractivity (Wildman–Crippen MR) is 40.3 cm³/mol. The van der Waals surface area contributed by atoms with E-state index in [1.807, 2.05) is 13.8 Å². The lowest BCUT2D eigenvalue weighted by Crippen LogP contribution is -2.36. The number of nitrogens with one attached hydrogen (secondary N) is 1. The van der Waals surface area contributed by atoms with Crippen LogP contribution in [-0.2, 0) is 0 Å². The van der Waals surface area contributed by atoms with Gasteiger partial charge in [-0.1, -0.05) is 13.8 Å². The summed E-state index contributed by atoms with van der Waals surface area (Å²) < 4.78 is 0. The third kappa shape index (κ3) is 6.05. The maximum absolute atomic E-state index is 8.63. The topological polar surface area (TPSA) is 58.3 Å². The quantitative estimate of drug-likeness (QED) is 0.393. The second-order valence-electron chi connectivity index (χ2n) is 2.70. The number of hydrogen-bond donors (Lipinski definition) is 3. The zero-order valence-electron chi connectivity index (χ0n) is 5.85. The maximum atomic E-state index is 8.63. The molecule has 0 amide bonds. The van der Waals surface area contributed by atoms with E-state index >= 15 is 0 Å². The summed E-state index contributed by atoms with van der Waals surface area (Å²) in [5.41, 5.74) is 2.41. The summed E-state index contributed by atoms with van der Waals surface area (Å²) >= 11 is 0. The van der Waals surface area contributed by atoms with Crippen molar-refractivity contribution in [3.05, 3.63) is 0 Å². The molecule has 0 radical (unpaired) electrons. The normalized spacial score (nSPS) is 10.7. The van der Waals surface area contributed by atoms with E-state index in [1.54, 1.807) is 0 Å². The first-order chi connectivity index (χ1) is 3.62. The van der Waals surface area contributed by atoms with Gasteiger partial charge in [0.2, 0.25) is 0 Å². The van der Waals surface area contributed by atoms with Crippen LogP contribution in [-0.4, -0.2) is 18.3 Å². The Kier molecular flexibility index (Phi) is 6.61. The summed E-state index contributed by atoms with van der Waals surface area (Å²) in [4.78, 5) is 0. The summed E-state index contributed by atoms with van der Waals surface area (Å²) in [6.07, 6.45) is 0. The number of rotatable bonds is 3. The molecule has 0 saturated carbocycles. The van der Waals surface area contributed by atoms with Crippen LogP contribution in [0.25, 0.3) is 0 Å². The van der Waals surface area contributed by atoms with Crippen molar-refractivity contribution in [3.63, 3.8) is 0 Å². The van der Waals surface area contributed by atoms with Gasteiger partial charge in [0.05, 0.1) is 0 Å². The fraction of sp³-hybridized carbons (Fsp3) is 1.00. The van der Waals surface area contributed by atoms with Gasteiger partial charge < -0.3 is 5.11 Å². The fourth-order valence-corrected chi connectivity index (χ4v) is 0.332. The van der Waals surface area contributed by atoms with E-state index < -0.39 is 0 Å². The van der Waals surface area contributed by atoms with Crippen molar-refractivity contribution < 1.29 is 5.11 Å². The van der Waals surface area contributed by atoms with Gasteiger partial charge in [-0.2, -0.15) is 0 Å². The number of aliphatic hydroxyl groups excluding tert-OH is 1. The van der Waals surface area contributed by atoms with Crippen LogP contribution >= 0.6 is 12.4 Å². The molecule has 0 unspecified atom stereocenters. The van der Waals surface area contributed by atoms with Crippen molar-refractivity contribution in [1.29, 1.82) is 0 Å². The lowest BCUT2D eigenvalue weighted by Gasteiger charge is -2.19. The Bertz CT molecular complexity index is 68.0. The van der Waals surface area contributed by atoms with Crippen LogP contribution in [0.2, 0.25) is 0 Å². The van der Waals surface area contributed by atoms with Gasteiger partial charge in [-0.25, -0.2) is 0 Å². The molecule has 0 aliphatic rings. The standard InChI is InChI=1S/C5H14N2O.ClH/c1-5(2,4-8)3-7-6;/h7-8H,3-4,6H2,1-2H3;1H. The van der Waals surface area contributed by atoms with Crippen LogP contribution < -0.4 is 11.3 Å². The molecule has 0 atom stereocenters. The highest BCUT2D eigenvalue weighted by molar-refractivity contribution is 5.85. The molecule has 0 spiro atoms. The number of halogens is 1. The van der Waals surface area contributed by atoms with Gasteiger partial charge in [0.25, 0.3) is 0 Å². The highest BCUT2D eigenvalue weighted by atomic mass is 35.5. The SMILES string of the molecule is CC(C)(CO)CNN.Cl. The van der Waals surface area contributed by atoms with Gasteiger partial charge >= 0.3 is 0 Å². The minimum absolute atomic E-state index is 0. The Balaban J connectivity index is 0. The van der Waals surface area contributed by atoms with Crippen LogP contribution in [0.15, 0.2) is 0 Å². The molecule has 4 heteroatoms. The number of nitrogens with two attached hydrogens (primary N) is 1. The molecule has 0 rings (SSSR count). The first-order valence-corrected chi connectivity index (χ1v) is 2.67. The Hall–Kier alpha value is 0.170. The average Bonchev–Trinajstić information content (AvgIpc) is 1.67. The van der Waals surface area contributed by atoms with E-state index in [-0.39, 0.29) is 24.4 Å². The molecule has 0 aromatic rings. The Labute approximate surface area is 62.0 Å². The molecule has 58 valence electrons. The number of hydrogen-bond acceptors (Lipinski definition) is 3. The predicted octanol–water partition coefficient (Wildman–Crippen LogP) is -0.110. The van der Waals surface area contributed by atoms with Crippen molar-refractivity contribution in [2.45, 2.75) is 13.8 Å². The van der Waals surface area contributed by atoms with Crippen molar-refractivity contribution in [1.82, 2.24) is 5.43 Å². The van der Waals surface area contributed by atoms with Gasteiger partial charge in [0.15, 0.2) is 0 Å². The summed E-state index contributed by atoms with van der Waals surface area (Å²) in [6, 6.07) is 0. The molecule has 0 heterocycles. The largest absolute Gasteiger partial charge is 0.396 e. The highest BCUT2D eigenvalue weighted by Gasteiger charge is 2.13. The van der Waals surface area contributed by atoms with Crippen molar-refractivity contribution in [2.24, 2.45) is 11.3 Å². The zero-order chi connectivity index (χ0) is 6.62. The van der Waals surface area contributed by atoms with Crippen LogP contribution in [0.3, 0.4) is 0 Å². The molecular weight excluding hydrogens is 140 g/mol. The molecule has 0 aliphatic heterocycles. The highest BCUT2D eigenvalue weighted by Crippen LogP contribution is 2.09. The molecule has 9 heavy (non-hydrogen) atoms. The van der Waals surface area contributed by atoms with Gasteiger partial charge in [0.1, 0.15) is 0 Å². The first kappa shape index (κ1) is 11.9. The van der Waals surface area contributed by atoms with Crippen LogP contribution in [0, 0.1) is 5.41 Å². The molecule has 0 aliphatic carbocycles. The molecule has 3 nitrogen and oxygen atoms in total. The zero-order valence-corrected chi connectivity index (χ0v) is 6.66. The molecule has 0 aromatic heterocycles. The van der Waals surface area contributed by atoms with Crippen LogP contribution in [0.1, 0.15) is 13.8 Å². The van der Waals surface area contributed by atoms with Crippen molar-refractivity contribution in [2.75, 3.05) is 13.2 Å². The Morgan fingerprint density at radius 2 is 2.00 bits per heavy atom. The van der Waals surface area contributed by atoms with E-state index in [1.165, 1.54) is 0 Å². The summed E-state index contributed by atoms with van der Waals surface area (Å²) in [5, 5.41) is 8.63. The number of aliphatic hydroxyl groups is 1. The summed E-state index contributed by atoms with van der Waals surface area (Å²) in [6.45, 7) is 4.68. The molecule has 4 N–H and O–H groups in total. The fourth-order valence-electron chi connectivity index (χ4n) is 0.332. The van der Waals surface area contributed by atoms with Crippen LogP contribution in [0.4, 0.5) is 0 Å². The Morgan fingerprint density at radius 1 is 1.56 bits per heavy atom. The molecule has 0 fully saturated rings. The van der Waals surface area contributed by atoms with E-state index in [4.69, 9.17) is 10.9 Å². The average molecular weight is 155 g/mol. The Morgan fingerprint density at radius 3 is 2.11 bits per heavy atom. The van der Waals surface area contributed by atoms with Crippen molar-refractivity contribution >= 4 is 12.4 Å². The van der Waals surface area contributed by atoms with E-state index in [0.29, 0.717) is 6.54 Å². The minimum atomic E-state index is -0.0885. The van der Waals surface area contributed by atoms with Gasteiger partial charge in [-0.05, 0) is 0 Å². The monoisotopic (exact) mass is 154 g/mol. The third-order valence-electron chi connectivity index (χ3n) is 1.01. The van der Waals surface area contributed by atoms with E-state index in [9.17, 15) is 0 Å². The van der Waals surface area contributed by atoms with Gasteiger partial charge in [-0.15, -0.1) is 12.4 Å². The van der Waals surface area contributed by atoms with Crippen LogP contribution in [0.5, 0.6) is 0 Å². The smallest absolute Gasteiger partial charge is 0.0494 e. The minimum Gasteiger partial charge on any atom is -0.396 e. The first-order valence-electron chi connectivity index (χ1n) is 2.67. The molecule has 0 aromatic carbocycles. The lowest BCUT2D eigenvalue weighted by molar-refractivity contribution is 0.157. The summed E-state index contributed by atoms with van der Waals surface area (Å²) in [7, 11) is 0. The maximum Gasteiger partial charge on any atom is 0.0494 e. The second kappa shape index (κ2) is 4.99. The lowest BCUT2D eigenvalue weighted by atomic mass is 9.95. The van der Waals surface area contributed by atoms with E-state index in [0.717, 1.165) is 0 Å². The molecule has 0 bridgehead atoms. The second-order valence-corrected chi connectivity index (χ2v) is 2.70. The van der Waals surface area contributed by atoms with Crippen molar-refractivity contribution in [3.8, 4) is 0 Å². The van der Waals surface area contributed by atoms with Gasteiger partial charge in [-0.3, -0.25) is 11.3 Å². The molecule has 0 saturated heterocycles. The number of hydrazine groups is 1. The molecular formula is C5H15ClN2O.